The lowest BCUT2D eigenvalue weighted by molar-refractivity contribution is -0.135. The highest BCUT2D eigenvalue weighted by molar-refractivity contribution is 6.36. The lowest BCUT2D eigenvalue weighted by atomic mass is 10.0. The van der Waals surface area contributed by atoms with E-state index in [9.17, 15) is 9.90 Å². The number of fused-ring (bicyclic) bond motifs is 1. The molecule has 0 spiro atoms. The number of carbonyl (C=O) groups is 1. The number of aliphatic hydroxyl groups excluding tert-OH is 1. The van der Waals surface area contributed by atoms with Gasteiger partial charge in [0.2, 0.25) is 0 Å². The van der Waals surface area contributed by atoms with Gasteiger partial charge in [0.25, 0.3) is 0 Å². The van der Waals surface area contributed by atoms with Crippen LogP contribution in [0.4, 0.5) is 5.69 Å². The molecular formula is C12H14N2O3. The summed E-state index contributed by atoms with van der Waals surface area (Å²) in [7, 11) is 0. The maximum Gasteiger partial charge on any atom is 0.354 e. The first kappa shape index (κ1) is 11.6. The molecule has 1 aromatic rings. The number of hydrazone groups is 1. The summed E-state index contributed by atoms with van der Waals surface area (Å²) in [5, 5.41) is 14.0. The number of hydrogen-bond donors (Lipinski definition) is 2. The largest absolute Gasteiger partial charge is 0.461 e. The van der Waals surface area contributed by atoms with Gasteiger partial charge in [-0.25, -0.2) is 4.79 Å². The number of hydrogen-bond acceptors (Lipinski definition) is 5. The smallest absolute Gasteiger partial charge is 0.354 e. The molecule has 1 aliphatic heterocycles. The molecule has 0 saturated heterocycles. The highest BCUT2D eigenvalue weighted by Crippen LogP contribution is 2.28. The molecule has 0 radical (unpaired) electrons. The molecule has 5 heteroatoms. The highest BCUT2D eigenvalue weighted by Gasteiger charge is 2.23. The summed E-state index contributed by atoms with van der Waals surface area (Å²) in [6.45, 7) is 2.02. The SMILES string of the molecule is CCOC(=O)C1=NNc2ccccc2C(O)C1. The van der Waals surface area contributed by atoms with Crippen LogP contribution in [0.2, 0.25) is 0 Å². The molecule has 1 atom stereocenters. The average molecular weight is 234 g/mol. The van der Waals surface area contributed by atoms with Crippen LogP contribution in [0.15, 0.2) is 29.4 Å². The van der Waals surface area contributed by atoms with Crippen LogP contribution < -0.4 is 5.43 Å². The fourth-order valence-corrected chi connectivity index (χ4v) is 1.70. The number of nitrogens with one attached hydrogen (secondary N) is 1. The number of carbonyl (C=O) groups excluding carboxylic acids is 1. The summed E-state index contributed by atoms with van der Waals surface area (Å²) in [5.41, 5.74) is 4.42. The molecule has 0 aromatic heterocycles. The molecule has 1 heterocycles. The minimum absolute atomic E-state index is 0.156. The molecule has 90 valence electrons. The summed E-state index contributed by atoms with van der Waals surface area (Å²) in [6, 6.07) is 7.27. The van der Waals surface area contributed by atoms with Gasteiger partial charge in [-0.2, -0.15) is 5.10 Å². The summed E-state index contributed by atoms with van der Waals surface area (Å²) in [4.78, 5) is 11.5. The van der Waals surface area contributed by atoms with E-state index in [4.69, 9.17) is 4.74 Å². The van der Waals surface area contributed by atoms with Crippen molar-refractivity contribution in [2.24, 2.45) is 5.10 Å². The Labute approximate surface area is 99.1 Å². The second kappa shape index (κ2) is 4.97. The summed E-state index contributed by atoms with van der Waals surface area (Å²) < 4.78 is 4.86. The Bertz CT molecular complexity index is 457. The molecule has 0 aliphatic carbocycles. The van der Waals surface area contributed by atoms with Gasteiger partial charge in [0.1, 0.15) is 5.71 Å². The van der Waals surface area contributed by atoms with Gasteiger partial charge in [-0.05, 0) is 13.0 Å². The monoisotopic (exact) mass is 234 g/mol. The number of rotatable bonds is 2. The first-order valence-electron chi connectivity index (χ1n) is 5.49. The van der Waals surface area contributed by atoms with Crippen molar-refractivity contribution in [1.82, 2.24) is 0 Å². The number of ether oxygens (including phenoxy) is 1. The number of aliphatic hydroxyl groups is 1. The number of nitrogens with zero attached hydrogens (tertiary/aromatic N) is 1. The van der Waals surface area contributed by atoms with Gasteiger partial charge < -0.3 is 9.84 Å². The van der Waals surface area contributed by atoms with E-state index >= 15 is 0 Å². The third kappa shape index (κ3) is 2.45. The van der Waals surface area contributed by atoms with Crippen molar-refractivity contribution in [3.8, 4) is 0 Å². The Morgan fingerprint density at radius 3 is 3.12 bits per heavy atom. The van der Waals surface area contributed by atoms with E-state index in [0.717, 1.165) is 5.56 Å². The maximum absolute atomic E-state index is 11.5. The van der Waals surface area contributed by atoms with Crippen molar-refractivity contribution in [3.63, 3.8) is 0 Å². The topological polar surface area (TPSA) is 70.9 Å². The molecule has 0 saturated carbocycles. The third-order valence-corrected chi connectivity index (χ3v) is 2.53. The Kier molecular flexibility index (Phi) is 3.39. The average Bonchev–Trinajstić information content (AvgIpc) is 2.50. The van der Waals surface area contributed by atoms with Crippen molar-refractivity contribution in [2.75, 3.05) is 12.0 Å². The zero-order valence-corrected chi connectivity index (χ0v) is 9.51. The number of anilines is 1. The molecule has 0 fully saturated rings. The van der Waals surface area contributed by atoms with Gasteiger partial charge in [0.15, 0.2) is 0 Å². The Balaban J connectivity index is 2.24. The van der Waals surface area contributed by atoms with Crippen LogP contribution in [-0.2, 0) is 9.53 Å². The van der Waals surface area contributed by atoms with E-state index in [1.54, 1.807) is 19.1 Å². The number of para-hydroxylation sites is 1. The van der Waals surface area contributed by atoms with Crippen molar-refractivity contribution < 1.29 is 14.6 Å². The molecular weight excluding hydrogens is 220 g/mol. The van der Waals surface area contributed by atoms with Crippen LogP contribution >= 0.6 is 0 Å². The normalized spacial score (nSPS) is 18.5. The summed E-state index contributed by atoms with van der Waals surface area (Å²) >= 11 is 0. The van der Waals surface area contributed by atoms with Gasteiger partial charge in [-0.15, -0.1) is 0 Å². The van der Waals surface area contributed by atoms with Crippen molar-refractivity contribution in [1.29, 1.82) is 0 Å². The van der Waals surface area contributed by atoms with E-state index in [-0.39, 0.29) is 12.1 Å². The van der Waals surface area contributed by atoms with Gasteiger partial charge in [0, 0.05) is 12.0 Å². The second-order valence-corrected chi connectivity index (χ2v) is 3.70. The van der Waals surface area contributed by atoms with Crippen molar-refractivity contribution in [2.45, 2.75) is 19.4 Å². The van der Waals surface area contributed by atoms with Gasteiger partial charge in [0.05, 0.1) is 18.4 Å². The molecule has 0 amide bonds. The van der Waals surface area contributed by atoms with Gasteiger partial charge >= 0.3 is 5.97 Å². The zero-order valence-electron chi connectivity index (χ0n) is 9.51. The van der Waals surface area contributed by atoms with E-state index in [0.29, 0.717) is 12.3 Å². The quantitative estimate of drug-likeness (QED) is 0.760. The first-order valence-corrected chi connectivity index (χ1v) is 5.49. The number of benzene rings is 1. The van der Waals surface area contributed by atoms with E-state index in [1.807, 2.05) is 12.1 Å². The van der Waals surface area contributed by atoms with Crippen LogP contribution in [-0.4, -0.2) is 23.4 Å². The minimum atomic E-state index is -0.746. The van der Waals surface area contributed by atoms with Crippen LogP contribution in [0.3, 0.4) is 0 Å². The lowest BCUT2D eigenvalue weighted by Gasteiger charge is -2.10. The molecule has 5 nitrogen and oxygen atoms in total. The third-order valence-electron chi connectivity index (χ3n) is 2.53. The van der Waals surface area contributed by atoms with E-state index in [2.05, 4.69) is 10.5 Å². The molecule has 1 aliphatic rings. The van der Waals surface area contributed by atoms with E-state index < -0.39 is 12.1 Å². The van der Waals surface area contributed by atoms with Crippen LogP contribution in [0.5, 0.6) is 0 Å². The van der Waals surface area contributed by atoms with Crippen molar-refractivity contribution >= 4 is 17.4 Å². The fraction of sp³-hybridized carbons (Fsp3) is 0.333. The summed E-state index contributed by atoms with van der Waals surface area (Å²) in [6.07, 6.45) is -0.590. The highest BCUT2D eigenvalue weighted by atomic mass is 16.5. The molecule has 17 heavy (non-hydrogen) atoms. The maximum atomic E-state index is 11.5. The second-order valence-electron chi connectivity index (χ2n) is 3.70. The van der Waals surface area contributed by atoms with Crippen LogP contribution in [0.1, 0.15) is 25.0 Å². The predicted octanol–water partition coefficient (Wildman–Crippen LogP) is 1.45. The molecule has 1 aromatic carbocycles. The van der Waals surface area contributed by atoms with E-state index in [1.165, 1.54) is 0 Å². The molecule has 2 rings (SSSR count). The van der Waals surface area contributed by atoms with Crippen LogP contribution in [0.25, 0.3) is 0 Å². The molecule has 1 unspecified atom stereocenters. The molecule has 2 N–H and O–H groups in total. The van der Waals surface area contributed by atoms with Crippen molar-refractivity contribution in [3.05, 3.63) is 29.8 Å². The first-order chi connectivity index (χ1) is 8.22. The number of esters is 1. The minimum Gasteiger partial charge on any atom is -0.461 e. The standard InChI is InChI=1S/C12H14N2O3/c1-2-17-12(16)10-7-11(15)8-5-3-4-6-9(8)13-14-10/h3-6,11,13,15H,2,7H2,1H3. The lowest BCUT2D eigenvalue weighted by Crippen LogP contribution is -2.20. The Morgan fingerprint density at radius 1 is 1.59 bits per heavy atom. The van der Waals surface area contributed by atoms with Gasteiger partial charge in [-0.1, -0.05) is 18.2 Å². The predicted molar refractivity (Wildman–Crippen MR) is 63.7 cm³/mol. The fourth-order valence-electron chi connectivity index (χ4n) is 1.70. The summed E-state index contributed by atoms with van der Waals surface area (Å²) in [5.74, 6) is -0.494. The molecule has 0 bridgehead atoms. The Hall–Kier alpha value is -1.88. The zero-order chi connectivity index (χ0) is 12.3. The van der Waals surface area contributed by atoms with Crippen LogP contribution in [0, 0.1) is 0 Å². The Morgan fingerprint density at radius 2 is 2.35 bits per heavy atom. The van der Waals surface area contributed by atoms with Gasteiger partial charge in [-0.3, -0.25) is 5.43 Å².